The van der Waals surface area contributed by atoms with Crippen LogP contribution in [0.3, 0.4) is 0 Å². The maximum Gasteiger partial charge on any atom is 0.247 e. The molecule has 1 aliphatic heterocycles. The van der Waals surface area contributed by atoms with Gasteiger partial charge in [0.1, 0.15) is 0 Å². The lowest BCUT2D eigenvalue weighted by atomic mass is 9.98. The molecule has 1 atom stereocenters. The number of hydrogen-bond donors (Lipinski definition) is 1. The van der Waals surface area contributed by atoms with E-state index in [2.05, 4.69) is 5.10 Å². The van der Waals surface area contributed by atoms with Gasteiger partial charge in [-0.2, -0.15) is 9.52 Å². The lowest BCUT2D eigenvalue weighted by Gasteiger charge is -2.21. The number of sulfonamides is 1. The van der Waals surface area contributed by atoms with Crippen molar-refractivity contribution in [3.05, 3.63) is 59.2 Å². The minimum absolute atomic E-state index is 0.0303. The SMILES string of the molecule is COc1ccc(C2CC(c3ccc(C)cc3)=NN2S(C)(=O)=O)cc1O. The summed E-state index contributed by atoms with van der Waals surface area (Å²) in [4.78, 5) is 0. The minimum atomic E-state index is -3.54. The lowest BCUT2D eigenvalue weighted by Crippen LogP contribution is -2.25. The van der Waals surface area contributed by atoms with E-state index in [1.807, 2.05) is 31.2 Å². The van der Waals surface area contributed by atoms with E-state index < -0.39 is 16.1 Å². The van der Waals surface area contributed by atoms with Gasteiger partial charge in [0.25, 0.3) is 0 Å². The smallest absolute Gasteiger partial charge is 0.247 e. The van der Waals surface area contributed by atoms with Gasteiger partial charge in [0.15, 0.2) is 11.5 Å². The zero-order valence-corrected chi connectivity index (χ0v) is 15.1. The number of benzene rings is 2. The molecule has 0 bridgehead atoms. The van der Waals surface area contributed by atoms with Crippen molar-refractivity contribution in [1.82, 2.24) is 4.41 Å². The Bertz CT molecular complexity index is 921. The third-order valence-electron chi connectivity index (χ3n) is 4.18. The number of hydrazone groups is 1. The van der Waals surface area contributed by atoms with Crippen molar-refractivity contribution < 1.29 is 18.3 Å². The van der Waals surface area contributed by atoms with Crippen LogP contribution in [0.5, 0.6) is 11.5 Å². The summed E-state index contributed by atoms with van der Waals surface area (Å²) < 4.78 is 30.5. The van der Waals surface area contributed by atoms with Crippen LogP contribution in [-0.2, 0) is 10.0 Å². The van der Waals surface area contributed by atoms with E-state index in [1.54, 1.807) is 12.1 Å². The van der Waals surface area contributed by atoms with Crippen molar-refractivity contribution in [2.45, 2.75) is 19.4 Å². The zero-order chi connectivity index (χ0) is 18.2. The Morgan fingerprint density at radius 3 is 2.44 bits per heavy atom. The summed E-state index contributed by atoms with van der Waals surface area (Å²) in [6.07, 6.45) is 1.56. The maximum atomic E-state index is 12.2. The van der Waals surface area contributed by atoms with Crippen LogP contribution in [0.25, 0.3) is 0 Å². The van der Waals surface area contributed by atoms with Crippen molar-refractivity contribution in [2.75, 3.05) is 13.4 Å². The van der Waals surface area contributed by atoms with E-state index in [9.17, 15) is 13.5 Å². The van der Waals surface area contributed by atoms with Crippen LogP contribution in [0, 0.1) is 6.92 Å². The van der Waals surface area contributed by atoms with Crippen molar-refractivity contribution in [3.8, 4) is 11.5 Å². The Morgan fingerprint density at radius 2 is 1.88 bits per heavy atom. The van der Waals surface area contributed by atoms with Crippen LogP contribution < -0.4 is 4.74 Å². The summed E-state index contributed by atoms with van der Waals surface area (Å²) in [5.74, 6) is 0.310. The first-order valence-corrected chi connectivity index (χ1v) is 9.65. The number of aromatic hydroxyl groups is 1. The molecule has 0 fully saturated rings. The number of phenolic OH excluding ortho intramolecular Hbond substituents is 1. The molecule has 1 unspecified atom stereocenters. The van der Waals surface area contributed by atoms with Gasteiger partial charge in [-0.25, -0.2) is 8.42 Å². The molecule has 6 nitrogen and oxygen atoms in total. The molecule has 1 heterocycles. The van der Waals surface area contributed by atoms with Crippen molar-refractivity contribution >= 4 is 15.7 Å². The van der Waals surface area contributed by atoms with Gasteiger partial charge in [0.2, 0.25) is 10.0 Å². The molecule has 1 aliphatic rings. The third kappa shape index (κ3) is 3.46. The molecule has 2 aromatic carbocycles. The van der Waals surface area contributed by atoms with Crippen LogP contribution in [0.15, 0.2) is 47.6 Å². The molecule has 0 saturated heterocycles. The van der Waals surface area contributed by atoms with Gasteiger partial charge in [-0.05, 0) is 30.2 Å². The highest BCUT2D eigenvalue weighted by atomic mass is 32.2. The molecule has 0 aliphatic carbocycles. The topological polar surface area (TPSA) is 79.2 Å². The average molecular weight is 360 g/mol. The highest BCUT2D eigenvalue weighted by Crippen LogP contribution is 2.38. The Hall–Kier alpha value is -2.54. The van der Waals surface area contributed by atoms with E-state index in [0.717, 1.165) is 21.8 Å². The summed E-state index contributed by atoms with van der Waals surface area (Å²) >= 11 is 0. The number of phenols is 1. The van der Waals surface area contributed by atoms with E-state index >= 15 is 0 Å². The zero-order valence-electron chi connectivity index (χ0n) is 14.3. The van der Waals surface area contributed by atoms with Gasteiger partial charge in [-0.1, -0.05) is 35.9 Å². The number of methoxy groups -OCH3 is 1. The van der Waals surface area contributed by atoms with Gasteiger partial charge in [-0.15, -0.1) is 0 Å². The van der Waals surface area contributed by atoms with Gasteiger partial charge in [0.05, 0.1) is 25.1 Å². The van der Waals surface area contributed by atoms with Crippen molar-refractivity contribution in [3.63, 3.8) is 0 Å². The van der Waals surface area contributed by atoms with Gasteiger partial charge < -0.3 is 9.84 Å². The number of nitrogens with zero attached hydrogens (tertiary/aromatic N) is 2. The molecule has 0 radical (unpaired) electrons. The Kier molecular flexibility index (Phi) is 4.43. The minimum Gasteiger partial charge on any atom is -0.504 e. The summed E-state index contributed by atoms with van der Waals surface area (Å²) in [7, 11) is -2.08. The molecule has 25 heavy (non-hydrogen) atoms. The van der Waals surface area contributed by atoms with Gasteiger partial charge in [0, 0.05) is 6.42 Å². The molecular formula is C18H20N2O4S. The quantitative estimate of drug-likeness (QED) is 0.909. The second-order valence-electron chi connectivity index (χ2n) is 6.10. The van der Waals surface area contributed by atoms with Gasteiger partial charge in [-0.3, -0.25) is 0 Å². The Labute approximate surface area is 147 Å². The third-order valence-corrected chi connectivity index (χ3v) is 5.20. The molecule has 7 heteroatoms. The predicted molar refractivity (Wildman–Crippen MR) is 96.4 cm³/mol. The summed E-state index contributed by atoms with van der Waals surface area (Å²) in [6, 6.07) is 12.2. The van der Waals surface area contributed by atoms with Crippen LogP contribution in [0.1, 0.15) is 29.2 Å². The predicted octanol–water partition coefficient (Wildman–Crippen LogP) is 2.82. The first-order valence-electron chi connectivity index (χ1n) is 7.80. The molecule has 3 rings (SSSR count). The molecule has 0 saturated carbocycles. The first kappa shape index (κ1) is 17.3. The van der Waals surface area contributed by atoms with Gasteiger partial charge >= 0.3 is 0 Å². The second kappa shape index (κ2) is 6.40. The van der Waals surface area contributed by atoms with Crippen molar-refractivity contribution in [1.29, 1.82) is 0 Å². The maximum absolute atomic E-state index is 12.2. The average Bonchev–Trinajstić information content (AvgIpc) is 3.01. The number of rotatable bonds is 4. The van der Waals surface area contributed by atoms with Crippen LogP contribution in [0.2, 0.25) is 0 Å². The van der Waals surface area contributed by atoms with E-state index in [4.69, 9.17) is 4.74 Å². The summed E-state index contributed by atoms with van der Waals surface area (Å²) in [5, 5.41) is 14.4. The van der Waals surface area contributed by atoms with E-state index in [-0.39, 0.29) is 5.75 Å². The van der Waals surface area contributed by atoms with Crippen LogP contribution in [-0.4, -0.2) is 37.0 Å². The molecule has 1 N–H and O–H groups in total. The standard InChI is InChI=1S/C18H20N2O4S/c1-12-4-6-13(7-5-12)15-11-16(20(19-15)25(3,22)23)14-8-9-18(24-2)17(21)10-14/h4-10,16,21H,11H2,1-3H3. The lowest BCUT2D eigenvalue weighted by molar-refractivity contribution is 0.362. The number of ether oxygens (including phenoxy) is 1. The molecule has 0 aromatic heterocycles. The fourth-order valence-electron chi connectivity index (χ4n) is 2.88. The summed E-state index contributed by atoms with van der Waals surface area (Å²) in [6.45, 7) is 1.99. The second-order valence-corrected chi connectivity index (χ2v) is 7.94. The van der Waals surface area contributed by atoms with Crippen LogP contribution >= 0.6 is 0 Å². The highest BCUT2D eigenvalue weighted by Gasteiger charge is 2.34. The Morgan fingerprint density at radius 1 is 1.20 bits per heavy atom. The fourth-order valence-corrected chi connectivity index (χ4v) is 3.78. The fraction of sp³-hybridized carbons (Fsp3) is 0.278. The molecule has 0 amide bonds. The normalized spacial score (nSPS) is 17.5. The molecule has 2 aromatic rings. The van der Waals surface area contributed by atoms with Crippen LogP contribution in [0.4, 0.5) is 0 Å². The van der Waals surface area contributed by atoms with E-state index in [0.29, 0.717) is 23.4 Å². The highest BCUT2D eigenvalue weighted by molar-refractivity contribution is 7.88. The molecular weight excluding hydrogens is 340 g/mol. The van der Waals surface area contributed by atoms with Crippen molar-refractivity contribution in [2.24, 2.45) is 5.10 Å². The summed E-state index contributed by atoms with van der Waals surface area (Å²) in [5.41, 5.74) is 3.37. The van der Waals surface area contributed by atoms with E-state index in [1.165, 1.54) is 13.2 Å². The first-order chi connectivity index (χ1) is 11.8. The molecule has 0 spiro atoms. The number of aryl methyl sites for hydroxylation is 1. The monoisotopic (exact) mass is 360 g/mol. The Balaban J connectivity index is 2.00. The molecule has 132 valence electrons. The number of hydrogen-bond acceptors (Lipinski definition) is 5. The largest absolute Gasteiger partial charge is 0.504 e.